The molecule has 0 saturated carbocycles. The van der Waals surface area contributed by atoms with E-state index < -0.39 is 54.0 Å². The molecule has 3 aromatic rings. The zero-order chi connectivity index (χ0) is 28.7. The van der Waals surface area contributed by atoms with Crippen molar-refractivity contribution in [3.63, 3.8) is 0 Å². The molecule has 3 aliphatic rings. The van der Waals surface area contributed by atoms with E-state index in [0.717, 1.165) is 11.1 Å². The second-order valence-electron chi connectivity index (χ2n) is 10.4. The number of aliphatic carboxylic acids is 1. The number of ether oxygens (including phenoxy) is 1. The molecule has 5 atom stereocenters. The topological polar surface area (TPSA) is 49.8 Å². The summed E-state index contributed by atoms with van der Waals surface area (Å²) in [6.07, 6.45) is -10.2. The van der Waals surface area contributed by atoms with E-state index in [1.165, 1.54) is 0 Å². The average molecular weight is 600 g/mol. The summed E-state index contributed by atoms with van der Waals surface area (Å²) in [7, 11) is 0. The van der Waals surface area contributed by atoms with Gasteiger partial charge in [-0.05, 0) is 47.9 Å². The summed E-state index contributed by atoms with van der Waals surface area (Å²) in [5.74, 6) is -2.50. The van der Waals surface area contributed by atoms with Gasteiger partial charge >= 0.3 is 18.3 Å². The van der Waals surface area contributed by atoms with Gasteiger partial charge in [-0.2, -0.15) is 26.3 Å². The van der Waals surface area contributed by atoms with Crippen LogP contribution in [-0.4, -0.2) is 41.2 Å². The molecule has 0 aromatic heterocycles. The van der Waals surface area contributed by atoms with Gasteiger partial charge in [0.1, 0.15) is 0 Å². The highest BCUT2D eigenvalue weighted by atomic mass is 35.5. The molecule has 0 spiro atoms. The molecule has 1 N–H and O–H groups in total. The molecule has 2 bridgehead atoms. The number of piperidine rings is 3. The zero-order valence-corrected chi connectivity index (χ0v) is 22.4. The maximum atomic E-state index is 13.5. The number of nitrogens with zero attached hydrogens (tertiary/aromatic N) is 1. The second kappa shape index (κ2) is 12.0. The van der Waals surface area contributed by atoms with Gasteiger partial charge in [-0.25, -0.2) is 0 Å². The first-order chi connectivity index (χ1) is 18.9. The lowest BCUT2D eigenvalue weighted by Gasteiger charge is -2.55. The van der Waals surface area contributed by atoms with E-state index in [4.69, 9.17) is 4.74 Å². The van der Waals surface area contributed by atoms with Gasteiger partial charge in [0.05, 0.1) is 29.8 Å². The van der Waals surface area contributed by atoms with E-state index in [-0.39, 0.29) is 42.5 Å². The highest BCUT2D eigenvalue weighted by molar-refractivity contribution is 5.85. The average Bonchev–Trinajstić information content (AvgIpc) is 2.93. The van der Waals surface area contributed by atoms with Crippen LogP contribution in [0.25, 0.3) is 0 Å². The number of halogens is 7. The van der Waals surface area contributed by atoms with Crippen LogP contribution < -0.4 is 0 Å². The van der Waals surface area contributed by atoms with Crippen LogP contribution in [0.3, 0.4) is 0 Å². The van der Waals surface area contributed by atoms with Crippen molar-refractivity contribution >= 4 is 18.4 Å². The Balaban J connectivity index is 0.00000387. The lowest BCUT2D eigenvalue weighted by Crippen LogP contribution is -2.65. The van der Waals surface area contributed by atoms with Gasteiger partial charge in [0.2, 0.25) is 0 Å². The Morgan fingerprint density at radius 3 is 1.85 bits per heavy atom. The third kappa shape index (κ3) is 6.55. The number of hydrogen-bond donors (Lipinski definition) is 1. The number of rotatable bonds is 7. The smallest absolute Gasteiger partial charge is 0.416 e. The summed E-state index contributed by atoms with van der Waals surface area (Å²) < 4.78 is 87.0. The molecular weight excluding hydrogens is 572 g/mol. The molecule has 3 saturated heterocycles. The first-order valence-electron chi connectivity index (χ1n) is 12.9. The number of alkyl halides is 6. The molecule has 4 nitrogen and oxygen atoms in total. The molecule has 3 aliphatic heterocycles. The monoisotopic (exact) mass is 599 g/mol. The third-order valence-electron chi connectivity index (χ3n) is 7.94. The van der Waals surface area contributed by atoms with Gasteiger partial charge in [0.15, 0.2) is 0 Å². The maximum Gasteiger partial charge on any atom is 0.416 e. The van der Waals surface area contributed by atoms with Crippen LogP contribution in [0, 0.1) is 11.8 Å². The number of fused-ring (bicyclic) bond motifs is 3. The van der Waals surface area contributed by atoms with E-state index in [1.807, 2.05) is 65.6 Å². The fourth-order valence-corrected chi connectivity index (χ4v) is 6.21. The molecule has 11 heteroatoms. The molecule has 6 rings (SSSR count). The molecule has 0 radical (unpaired) electrons. The lowest BCUT2D eigenvalue weighted by atomic mass is 9.68. The van der Waals surface area contributed by atoms with Crippen LogP contribution in [0.4, 0.5) is 26.3 Å². The van der Waals surface area contributed by atoms with E-state index in [9.17, 15) is 36.2 Å². The van der Waals surface area contributed by atoms with Crippen molar-refractivity contribution in [3.05, 3.63) is 107 Å². The third-order valence-corrected chi connectivity index (χ3v) is 7.94. The Bertz CT molecular complexity index is 1260. The molecule has 41 heavy (non-hydrogen) atoms. The minimum absolute atomic E-state index is 0. The minimum atomic E-state index is -4.98. The first kappa shape index (κ1) is 30.9. The van der Waals surface area contributed by atoms with Gasteiger partial charge in [0, 0.05) is 24.4 Å². The van der Waals surface area contributed by atoms with Crippen LogP contribution in [0.1, 0.15) is 40.2 Å². The lowest BCUT2D eigenvalue weighted by molar-refractivity contribution is -0.172. The molecular formula is C30H28ClF6NO3. The molecule has 1 unspecified atom stereocenters. The normalized spacial score (nSPS) is 24.2. The van der Waals surface area contributed by atoms with Gasteiger partial charge in [0.25, 0.3) is 0 Å². The fourth-order valence-electron chi connectivity index (χ4n) is 6.21. The zero-order valence-electron chi connectivity index (χ0n) is 21.6. The second-order valence-corrected chi connectivity index (χ2v) is 10.4. The molecule has 3 fully saturated rings. The predicted octanol–water partition coefficient (Wildman–Crippen LogP) is 7.27. The first-order valence-corrected chi connectivity index (χ1v) is 12.9. The summed E-state index contributed by atoms with van der Waals surface area (Å²) in [6, 6.07) is 20.1. The SMILES string of the molecule is Cl.O=C(O)[C@H]1CN2CC[C@@H]1[C@H](OCc1cc(C(F)(F)F)cc(C(F)(F)F)c1)[C@@H]2C(c1ccccc1)c1ccccc1. The Hall–Kier alpha value is -3.08. The van der Waals surface area contributed by atoms with Crippen LogP contribution >= 0.6 is 12.4 Å². The van der Waals surface area contributed by atoms with Gasteiger partial charge in [-0.3, -0.25) is 9.69 Å². The molecule has 0 aliphatic carbocycles. The number of benzene rings is 3. The highest BCUT2D eigenvalue weighted by Crippen LogP contribution is 2.46. The van der Waals surface area contributed by atoms with Crippen molar-refractivity contribution in [2.75, 3.05) is 13.1 Å². The fraction of sp³-hybridized carbons (Fsp3) is 0.367. The number of carboxylic acid groups (broad SMARTS) is 1. The van der Waals surface area contributed by atoms with Crippen LogP contribution in [0.2, 0.25) is 0 Å². The summed E-state index contributed by atoms with van der Waals surface area (Å²) in [5, 5.41) is 9.94. The van der Waals surface area contributed by atoms with Gasteiger partial charge in [-0.1, -0.05) is 60.7 Å². The Morgan fingerprint density at radius 2 is 1.39 bits per heavy atom. The molecule has 0 amide bonds. The van der Waals surface area contributed by atoms with E-state index in [0.29, 0.717) is 25.1 Å². The van der Waals surface area contributed by atoms with Gasteiger partial charge < -0.3 is 9.84 Å². The number of carbonyl (C=O) groups is 1. The van der Waals surface area contributed by atoms with Crippen molar-refractivity contribution in [2.24, 2.45) is 11.8 Å². The predicted molar refractivity (Wildman–Crippen MR) is 142 cm³/mol. The van der Waals surface area contributed by atoms with E-state index in [2.05, 4.69) is 0 Å². The van der Waals surface area contributed by atoms with Crippen molar-refractivity contribution < 1.29 is 41.0 Å². The molecule has 3 aromatic carbocycles. The largest absolute Gasteiger partial charge is 0.481 e. The Morgan fingerprint density at radius 1 is 0.878 bits per heavy atom. The Kier molecular flexibility index (Phi) is 9.06. The summed E-state index contributed by atoms with van der Waals surface area (Å²) in [6.45, 7) is 0.362. The molecule has 220 valence electrons. The van der Waals surface area contributed by atoms with Crippen molar-refractivity contribution in [1.29, 1.82) is 0 Å². The number of carboxylic acids is 1. The van der Waals surface area contributed by atoms with Gasteiger partial charge in [-0.15, -0.1) is 12.4 Å². The Labute approximate surface area is 239 Å². The molecule has 3 heterocycles. The van der Waals surface area contributed by atoms with Crippen molar-refractivity contribution in [1.82, 2.24) is 4.90 Å². The summed E-state index contributed by atoms with van der Waals surface area (Å²) >= 11 is 0. The van der Waals surface area contributed by atoms with Crippen LogP contribution in [0.5, 0.6) is 0 Å². The number of hydrogen-bond acceptors (Lipinski definition) is 3. The summed E-state index contributed by atoms with van der Waals surface area (Å²) in [5.41, 5.74) is -1.21. The van der Waals surface area contributed by atoms with Crippen molar-refractivity contribution in [3.8, 4) is 0 Å². The van der Waals surface area contributed by atoms with Crippen LogP contribution in [-0.2, 0) is 28.5 Å². The minimum Gasteiger partial charge on any atom is -0.481 e. The summed E-state index contributed by atoms with van der Waals surface area (Å²) in [4.78, 5) is 14.2. The van der Waals surface area contributed by atoms with Crippen LogP contribution in [0.15, 0.2) is 78.9 Å². The quantitative estimate of drug-likeness (QED) is 0.290. The van der Waals surface area contributed by atoms with Crippen molar-refractivity contribution in [2.45, 2.75) is 43.4 Å². The van der Waals surface area contributed by atoms with E-state index in [1.54, 1.807) is 0 Å². The standard InChI is InChI=1S/C30H27F6NO3.ClH/c31-29(32,33)21-13-18(14-22(15-21)30(34,35)36)17-40-27-23-11-12-37(16-24(23)28(38)39)26(27)25(19-7-3-1-4-8-19)20-9-5-2-6-10-20;/h1-10,13-15,23-27H,11-12,16-17H2,(H,38,39);1H/t23-,24-,26-,27-;/m0./s1. The maximum absolute atomic E-state index is 13.5. The highest BCUT2D eigenvalue weighted by Gasteiger charge is 2.53. The van der Waals surface area contributed by atoms with E-state index >= 15 is 0 Å².